The first-order valence-electron chi connectivity index (χ1n) is 6.35. The highest BCUT2D eigenvalue weighted by Gasteiger charge is 2.38. The van der Waals surface area contributed by atoms with Crippen molar-refractivity contribution in [2.75, 3.05) is 0 Å². The van der Waals surface area contributed by atoms with Crippen LogP contribution < -0.4 is 11.2 Å². The molecule has 0 bridgehead atoms. The van der Waals surface area contributed by atoms with Crippen molar-refractivity contribution in [2.45, 2.75) is 57.8 Å². The van der Waals surface area contributed by atoms with Crippen molar-refractivity contribution < 1.29 is 4.79 Å². The van der Waals surface area contributed by atoms with Gasteiger partial charge >= 0.3 is 6.03 Å². The lowest BCUT2D eigenvalue weighted by atomic mass is 9.64. The molecule has 2 saturated carbocycles. The van der Waals surface area contributed by atoms with Crippen LogP contribution in [0.2, 0.25) is 0 Å². The van der Waals surface area contributed by atoms with E-state index >= 15 is 0 Å². The normalized spacial score (nSPS) is 26.9. The maximum absolute atomic E-state index is 10.7. The van der Waals surface area contributed by atoms with E-state index in [-0.39, 0.29) is 0 Å². The number of rotatable bonds is 1. The molecule has 0 aliphatic heterocycles. The second kappa shape index (κ2) is 4.85. The molecule has 0 radical (unpaired) electrons. The van der Waals surface area contributed by atoms with Gasteiger partial charge in [0.1, 0.15) is 0 Å². The highest BCUT2D eigenvalue weighted by atomic mass is 16.2. The SMILES string of the molecule is NC(=O)N/N=C1/CCCCC12CCCCC2. The van der Waals surface area contributed by atoms with E-state index in [1.165, 1.54) is 57.1 Å². The maximum Gasteiger partial charge on any atom is 0.332 e. The molecule has 3 N–H and O–H groups in total. The van der Waals surface area contributed by atoms with E-state index in [1.807, 2.05) is 0 Å². The number of hydrazone groups is 1. The average molecular weight is 223 g/mol. The monoisotopic (exact) mass is 223 g/mol. The molecule has 90 valence electrons. The first kappa shape index (κ1) is 11.4. The van der Waals surface area contributed by atoms with Crippen molar-refractivity contribution in [3.8, 4) is 0 Å². The lowest BCUT2D eigenvalue weighted by Gasteiger charge is -2.41. The van der Waals surface area contributed by atoms with Crippen molar-refractivity contribution in [1.29, 1.82) is 0 Å². The molecule has 1 spiro atoms. The number of carbonyl (C=O) groups excluding carboxylic acids is 1. The molecule has 0 heterocycles. The van der Waals surface area contributed by atoms with Gasteiger partial charge in [0.05, 0.1) is 0 Å². The summed E-state index contributed by atoms with van der Waals surface area (Å²) in [6.45, 7) is 0. The average Bonchev–Trinajstić information content (AvgIpc) is 2.29. The van der Waals surface area contributed by atoms with Crippen molar-refractivity contribution in [3.05, 3.63) is 0 Å². The summed E-state index contributed by atoms with van der Waals surface area (Å²) in [4.78, 5) is 10.7. The molecule has 0 saturated heterocycles. The molecule has 0 unspecified atom stereocenters. The van der Waals surface area contributed by atoms with Crippen LogP contribution in [0.3, 0.4) is 0 Å². The summed E-state index contributed by atoms with van der Waals surface area (Å²) in [5, 5.41) is 4.25. The number of hydrogen-bond donors (Lipinski definition) is 2. The molecule has 2 amide bonds. The van der Waals surface area contributed by atoms with E-state index in [0.717, 1.165) is 6.42 Å². The van der Waals surface area contributed by atoms with Crippen LogP contribution in [0.5, 0.6) is 0 Å². The van der Waals surface area contributed by atoms with Gasteiger partial charge in [-0.1, -0.05) is 25.7 Å². The van der Waals surface area contributed by atoms with Gasteiger partial charge in [0.25, 0.3) is 0 Å². The van der Waals surface area contributed by atoms with Gasteiger partial charge in [0, 0.05) is 11.1 Å². The minimum absolute atomic E-state index is 0.291. The summed E-state index contributed by atoms with van der Waals surface area (Å²) in [6.07, 6.45) is 11.2. The summed E-state index contributed by atoms with van der Waals surface area (Å²) in [7, 11) is 0. The Labute approximate surface area is 96.7 Å². The number of nitrogens with two attached hydrogens (primary N) is 1. The van der Waals surface area contributed by atoms with E-state index < -0.39 is 6.03 Å². The van der Waals surface area contributed by atoms with E-state index in [2.05, 4.69) is 10.5 Å². The molecule has 2 aliphatic rings. The summed E-state index contributed by atoms with van der Waals surface area (Å²) in [5.41, 5.74) is 8.97. The first-order chi connectivity index (χ1) is 7.73. The predicted molar refractivity (Wildman–Crippen MR) is 64.1 cm³/mol. The molecular weight excluding hydrogens is 202 g/mol. The van der Waals surface area contributed by atoms with Crippen molar-refractivity contribution >= 4 is 11.7 Å². The van der Waals surface area contributed by atoms with Crippen LogP contribution in [0, 0.1) is 5.41 Å². The van der Waals surface area contributed by atoms with Gasteiger partial charge in [0.2, 0.25) is 0 Å². The van der Waals surface area contributed by atoms with Gasteiger partial charge < -0.3 is 5.73 Å². The third-order valence-corrected chi connectivity index (χ3v) is 4.04. The Kier molecular flexibility index (Phi) is 3.46. The Morgan fingerprint density at radius 2 is 1.75 bits per heavy atom. The Balaban J connectivity index is 2.12. The lowest BCUT2D eigenvalue weighted by molar-refractivity contribution is 0.236. The number of urea groups is 1. The molecule has 4 nitrogen and oxygen atoms in total. The number of amides is 2. The molecular formula is C12H21N3O. The topological polar surface area (TPSA) is 67.5 Å². The Bertz CT molecular complexity index is 284. The highest BCUT2D eigenvalue weighted by Crippen LogP contribution is 2.45. The van der Waals surface area contributed by atoms with Gasteiger partial charge in [-0.05, 0) is 32.1 Å². The van der Waals surface area contributed by atoms with E-state index in [9.17, 15) is 4.79 Å². The third-order valence-electron chi connectivity index (χ3n) is 4.04. The Morgan fingerprint density at radius 3 is 2.38 bits per heavy atom. The zero-order valence-corrected chi connectivity index (χ0v) is 9.80. The summed E-state index contributed by atoms with van der Waals surface area (Å²) in [6, 6.07) is -0.552. The van der Waals surface area contributed by atoms with E-state index in [4.69, 9.17) is 5.73 Å². The fraction of sp³-hybridized carbons (Fsp3) is 0.833. The van der Waals surface area contributed by atoms with Crippen LogP contribution in [-0.2, 0) is 0 Å². The smallest absolute Gasteiger partial charge is 0.332 e. The van der Waals surface area contributed by atoms with Gasteiger partial charge in [-0.3, -0.25) is 0 Å². The van der Waals surface area contributed by atoms with Crippen molar-refractivity contribution in [2.24, 2.45) is 16.3 Å². The van der Waals surface area contributed by atoms with Gasteiger partial charge in [0.15, 0.2) is 0 Å². The molecule has 0 aromatic carbocycles. The summed E-state index contributed by atoms with van der Waals surface area (Å²) < 4.78 is 0. The number of nitrogens with zero attached hydrogens (tertiary/aromatic N) is 1. The van der Waals surface area contributed by atoms with Gasteiger partial charge in [-0.2, -0.15) is 5.10 Å². The van der Waals surface area contributed by atoms with Crippen LogP contribution in [0.1, 0.15) is 57.8 Å². The molecule has 2 aliphatic carbocycles. The summed E-state index contributed by atoms with van der Waals surface area (Å²) >= 11 is 0. The standard InChI is InChI=1S/C12H21N3O/c13-11(16)15-14-10-6-2-5-9-12(10)7-3-1-4-8-12/h1-9H2,(H3,13,15,16)/b14-10-. The molecule has 16 heavy (non-hydrogen) atoms. The number of primary amides is 1. The largest absolute Gasteiger partial charge is 0.350 e. The molecule has 2 fully saturated rings. The second-order valence-electron chi connectivity index (χ2n) is 5.08. The fourth-order valence-electron chi connectivity index (χ4n) is 3.23. The van der Waals surface area contributed by atoms with Gasteiger partial charge in [-0.25, -0.2) is 10.2 Å². The number of hydrogen-bond acceptors (Lipinski definition) is 2. The molecule has 2 rings (SSSR count). The molecule has 0 aromatic heterocycles. The fourth-order valence-corrected chi connectivity index (χ4v) is 3.23. The quantitative estimate of drug-likeness (QED) is 0.659. The Morgan fingerprint density at radius 1 is 1.12 bits per heavy atom. The van der Waals surface area contributed by atoms with E-state index in [0.29, 0.717) is 5.41 Å². The third kappa shape index (κ3) is 2.36. The minimum atomic E-state index is -0.552. The minimum Gasteiger partial charge on any atom is -0.350 e. The van der Waals surface area contributed by atoms with E-state index in [1.54, 1.807) is 0 Å². The highest BCUT2D eigenvalue weighted by molar-refractivity contribution is 5.91. The zero-order chi connectivity index (χ0) is 11.4. The van der Waals surface area contributed by atoms with Crippen LogP contribution in [0.15, 0.2) is 5.10 Å². The number of carbonyl (C=O) groups is 1. The summed E-state index contributed by atoms with van der Waals surface area (Å²) in [5.74, 6) is 0. The van der Waals surface area contributed by atoms with Crippen molar-refractivity contribution in [3.63, 3.8) is 0 Å². The van der Waals surface area contributed by atoms with Crippen molar-refractivity contribution in [1.82, 2.24) is 5.43 Å². The molecule has 0 aromatic rings. The predicted octanol–water partition coefficient (Wildman–Crippen LogP) is 2.54. The first-order valence-corrected chi connectivity index (χ1v) is 6.35. The van der Waals surface area contributed by atoms with Crippen LogP contribution in [0.4, 0.5) is 4.79 Å². The maximum atomic E-state index is 10.7. The molecule has 4 heteroatoms. The lowest BCUT2D eigenvalue weighted by Crippen LogP contribution is -2.38. The van der Waals surface area contributed by atoms with Gasteiger partial charge in [-0.15, -0.1) is 0 Å². The Hall–Kier alpha value is -1.06. The van der Waals surface area contributed by atoms with Crippen LogP contribution in [-0.4, -0.2) is 11.7 Å². The van der Waals surface area contributed by atoms with Crippen LogP contribution >= 0.6 is 0 Å². The zero-order valence-electron chi connectivity index (χ0n) is 9.80. The van der Waals surface area contributed by atoms with Crippen LogP contribution in [0.25, 0.3) is 0 Å². The number of nitrogens with one attached hydrogen (secondary N) is 1. The molecule has 0 atom stereocenters. The second-order valence-corrected chi connectivity index (χ2v) is 5.08.